The first-order chi connectivity index (χ1) is 11.8. The smallest absolute Gasteiger partial charge is 0.361 e. The fourth-order valence-corrected chi connectivity index (χ4v) is 2.40. The highest BCUT2D eigenvalue weighted by Crippen LogP contribution is 2.30. The van der Waals surface area contributed by atoms with Gasteiger partial charge in [0.2, 0.25) is 0 Å². The van der Waals surface area contributed by atoms with Gasteiger partial charge in [-0.25, -0.2) is 0 Å². The molecule has 4 nitrogen and oxygen atoms in total. The van der Waals surface area contributed by atoms with Crippen molar-refractivity contribution >= 4 is 5.78 Å². The van der Waals surface area contributed by atoms with E-state index in [2.05, 4.69) is 10.1 Å². The third-order valence-electron chi connectivity index (χ3n) is 4.17. The highest BCUT2D eigenvalue weighted by Gasteiger charge is 2.32. The molecule has 0 aliphatic rings. The number of ketones is 1. The van der Waals surface area contributed by atoms with Gasteiger partial charge in [0.1, 0.15) is 11.5 Å². The topological polar surface area (TPSA) is 56.0 Å². The molecule has 2 heterocycles. The lowest BCUT2D eigenvalue weighted by molar-refractivity contribution is -0.137. The monoisotopic (exact) mass is 368 g/mol. The molecule has 2 aromatic heterocycles. The predicted molar refractivity (Wildman–Crippen MR) is 90.6 cm³/mol. The first kappa shape index (κ1) is 20.1. The summed E-state index contributed by atoms with van der Waals surface area (Å²) in [5.74, 6) is 0.621. The van der Waals surface area contributed by atoms with Gasteiger partial charge in [0, 0.05) is 35.2 Å². The summed E-state index contributed by atoms with van der Waals surface area (Å²) in [7, 11) is 0. The second-order valence-corrected chi connectivity index (χ2v) is 8.13. The Kier molecular flexibility index (Phi) is 5.31. The zero-order valence-corrected chi connectivity index (χ0v) is 15.6. The van der Waals surface area contributed by atoms with E-state index in [0.717, 1.165) is 12.3 Å². The summed E-state index contributed by atoms with van der Waals surface area (Å²) < 4.78 is 43.1. The Morgan fingerprint density at radius 2 is 1.73 bits per heavy atom. The van der Waals surface area contributed by atoms with E-state index in [9.17, 15) is 18.0 Å². The molecule has 0 N–H and O–H groups in total. The minimum absolute atomic E-state index is 0.0760. The van der Waals surface area contributed by atoms with Gasteiger partial charge in [0.25, 0.3) is 0 Å². The molecule has 0 amide bonds. The van der Waals surface area contributed by atoms with E-state index >= 15 is 0 Å². The normalized spacial score (nSPS) is 13.1. The van der Waals surface area contributed by atoms with Gasteiger partial charge in [-0.2, -0.15) is 13.2 Å². The van der Waals surface area contributed by atoms with E-state index in [1.807, 2.05) is 20.8 Å². The van der Waals surface area contributed by atoms with Crippen LogP contribution in [0.4, 0.5) is 13.2 Å². The number of halogens is 3. The second-order valence-electron chi connectivity index (χ2n) is 8.13. The van der Waals surface area contributed by atoms with Crippen molar-refractivity contribution in [2.24, 2.45) is 5.41 Å². The van der Waals surface area contributed by atoms with E-state index in [1.165, 1.54) is 6.07 Å². The maximum Gasteiger partial charge on any atom is 0.417 e. The number of aromatic nitrogens is 2. The molecule has 0 saturated carbocycles. The third-order valence-corrected chi connectivity index (χ3v) is 4.17. The summed E-state index contributed by atoms with van der Waals surface area (Å²) in [6, 6.07) is 4.06. The number of Topliss-reactive ketones (excluding diaryl/α,β-unsaturated/α-hetero) is 1. The van der Waals surface area contributed by atoms with Crippen molar-refractivity contribution in [1.29, 1.82) is 0 Å². The Bertz CT molecular complexity index is 769. The minimum atomic E-state index is -4.42. The second kappa shape index (κ2) is 6.85. The van der Waals surface area contributed by atoms with Gasteiger partial charge in [-0.3, -0.25) is 9.78 Å². The van der Waals surface area contributed by atoms with Crippen molar-refractivity contribution in [3.63, 3.8) is 0 Å². The molecule has 0 unspecified atom stereocenters. The van der Waals surface area contributed by atoms with Crippen LogP contribution in [-0.4, -0.2) is 15.9 Å². The Hall–Kier alpha value is -2.18. The molecule has 0 aliphatic heterocycles. The van der Waals surface area contributed by atoms with Crippen LogP contribution < -0.4 is 0 Å². The predicted octanol–water partition coefficient (Wildman–Crippen LogP) is 4.77. The van der Waals surface area contributed by atoms with Crippen LogP contribution in [0.1, 0.15) is 57.3 Å². The summed E-state index contributed by atoms with van der Waals surface area (Å²) >= 11 is 0. The van der Waals surface area contributed by atoms with Gasteiger partial charge in [-0.05, 0) is 12.1 Å². The van der Waals surface area contributed by atoms with Gasteiger partial charge in [0.05, 0.1) is 17.7 Å². The Morgan fingerprint density at radius 1 is 1.08 bits per heavy atom. The molecule has 0 spiro atoms. The van der Waals surface area contributed by atoms with Crippen LogP contribution in [0.2, 0.25) is 0 Å². The highest BCUT2D eigenvalue weighted by atomic mass is 19.4. The maximum atomic E-state index is 12.6. The van der Waals surface area contributed by atoms with Crippen molar-refractivity contribution in [2.75, 3.05) is 0 Å². The molecule has 0 bridgehead atoms. The lowest BCUT2D eigenvalue weighted by Gasteiger charge is -2.22. The van der Waals surface area contributed by atoms with Crippen LogP contribution in [-0.2, 0) is 29.2 Å². The SMILES string of the molecule is CC(C)(Cc1ccc(C(F)(F)F)cn1)C(=O)Cc1cc(C(C)(C)C)on1. The van der Waals surface area contributed by atoms with Crippen molar-refractivity contribution in [2.45, 2.75) is 59.1 Å². The number of hydrogen-bond acceptors (Lipinski definition) is 4. The number of carbonyl (C=O) groups is 1. The molecule has 0 radical (unpaired) electrons. The fourth-order valence-electron chi connectivity index (χ4n) is 2.40. The molecular formula is C19H23F3N2O2. The molecular weight excluding hydrogens is 345 g/mol. The summed E-state index contributed by atoms with van der Waals surface area (Å²) in [5, 5.41) is 3.95. The van der Waals surface area contributed by atoms with Crippen LogP contribution >= 0.6 is 0 Å². The van der Waals surface area contributed by atoms with Gasteiger partial charge in [-0.1, -0.05) is 39.8 Å². The Balaban J connectivity index is 2.07. The number of rotatable bonds is 5. The van der Waals surface area contributed by atoms with E-state index < -0.39 is 17.2 Å². The van der Waals surface area contributed by atoms with Gasteiger partial charge >= 0.3 is 6.18 Å². The largest absolute Gasteiger partial charge is 0.417 e. The molecule has 26 heavy (non-hydrogen) atoms. The van der Waals surface area contributed by atoms with E-state index in [4.69, 9.17) is 4.52 Å². The fraction of sp³-hybridized carbons (Fsp3) is 0.526. The Morgan fingerprint density at radius 3 is 2.19 bits per heavy atom. The third kappa shape index (κ3) is 4.93. The molecule has 0 aliphatic carbocycles. The van der Waals surface area contributed by atoms with Crippen LogP contribution in [0.25, 0.3) is 0 Å². The van der Waals surface area contributed by atoms with Crippen LogP contribution in [0.3, 0.4) is 0 Å². The molecule has 7 heteroatoms. The van der Waals surface area contributed by atoms with Crippen molar-refractivity contribution in [3.05, 3.63) is 47.1 Å². The van der Waals surface area contributed by atoms with Gasteiger partial charge < -0.3 is 4.52 Å². The van der Waals surface area contributed by atoms with Crippen molar-refractivity contribution in [3.8, 4) is 0 Å². The summed E-state index contributed by atoms with van der Waals surface area (Å²) in [6.45, 7) is 9.46. The number of alkyl halides is 3. The molecule has 2 rings (SSSR count). The van der Waals surface area contributed by atoms with Gasteiger partial charge in [-0.15, -0.1) is 0 Å². The quantitative estimate of drug-likeness (QED) is 0.763. The molecule has 0 atom stereocenters. The van der Waals surface area contributed by atoms with E-state index in [-0.39, 0.29) is 24.0 Å². The number of nitrogens with zero attached hydrogens (tertiary/aromatic N) is 2. The Labute approximate surface area is 150 Å². The lowest BCUT2D eigenvalue weighted by Crippen LogP contribution is -2.29. The van der Waals surface area contributed by atoms with Crippen LogP contribution in [0, 0.1) is 5.41 Å². The van der Waals surface area contributed by atoms with Crippen molar-refractivity contribution in [1.82, 2.24) is 10.1 Å². The average molecular weight is 368 g/mol. The van der Waals surface area contributed by atoms with E-state index in [1.54, 1.807) is 19.9 Å². The zero-order valence-electron chi connectivity index (χ0n) is 15.6. The number of pyridine rings is 1. The van der Waals surface area contributed by atoms with E-state index in [0.29, 0.717) is 17.1 Å². The molecule has 0 saturated heterocycles. The zero-order chi connectivity index (χ0) is 19.8. The minimum Gasteiger partial charge on any atom is -0.361 e. The standard InChI is InChI=1S/C19H23F3N2O2/c1-17(2,3)16-9-14(24-26-16)8-15(25)18(4,5)10-13-7-6-12(11-23-13)19(20,21)22/h6-7,9,11H,8,10H2,1-5H3. The van der Waals surface area contributed by atoms with Crippen LogP contribution in [0.15, 0.2) is 28.9 Å². The first-order valence-corrected chi connectivity index (χ1v) is 8.30. The lowest BCUT2D eigenvalue weighted by atomic mass is 9.81. The summed E-state index contributed by atoms with van der Waals surface area (Å²) in [6.07, 6.45) is -3.28. The summed E-state index contributed by atoms with van der Waals surface area (Å²) in [4.78, 5) is 16.5. The van der Waals surface area contributed by atoms with Gasteiger partial charge in [0.15, 0.2) is 0 Å². The number of carbonyl (C=O) groups excluding carboxylic acids is 1. The molecule has 0 fully saturated rings. The molecule has 142 valence electrons. The maximum absolute atomic E-state index is 12.6. The summed E-state index contributed by atoms with van der Waals surface area (Å²) in [5.41, 5.74) is -0.801. The first-order valence-electron chi connectivity index (χ1n) is 8.30. The molecule has 2 aromatic rings. The van der Waals surface area contributed by atoms with Crippen LogP contribution in [0.5, 0.6) is 0 Å². The molecule has 0 aromatic carbocycles. The van der Waals surface area contributed by atoms with Crippen molar-refractivity contribution < 1.29 is 22.5 Å². The highest BCUT2D eigenvalue weighted by molar-refractivity contribution is 5.86. The number of hydrogen-bond donors (Lipinski definition) is 0. The average Bonchev–Trinajstić information content (AvgIpc) is 2.95.